The van der Waals surface area contributed by atoms with E-state index < -0.39 is 0 Å². The van der Waals surface area contributed by atoms with Gasteiger partial charge in [0.15, 0.2) is 0 Å². The first-order valence-electron chi connectivity index (χ1n) is 6.94. The molecule has 3 N–H and O–H groups in total. The van der Waals surface area contributed by atoms with Crippen LogP contribution >= 0.6 is 0 Å². The quantitative estimate of drug-likeness (QED) is 0.666. The lowest BCUT2D eigenvalue weighted by Crippen LogP contribution is -2.28. The first-order valence-corrected chi connectivity index (χ1v) is 6.94. The van der Waals surface area contributed by atoms with E-state index in [0.29, 0.717) is 24.2 Å². The Balaban J connectivity index is 2.91. The molecule has 114 valence electrons. The van der Waals surface area contributed by atoms with E-state index in [1.807, 2.05) is 13.8 Å². The fourth-order valence-electron chi connectivity index (χ4n) is 1.67. The van der Waals surface area contributed by atoms with Crippen LogP contribution < -0.4 is 15.4 Å². The molecule has 0 aliphatic heterocycles. The zero-order chi connectivity index (χ0) is 15.1. The highest BCUT2D eigenvalue weighted by Gasteiger charge is 2.16. The summed E-state index contributed by atoms with van der Waals surface area (Å²) in [7, 11) is 1.74. The number of aliphatic hydroxyl groups excluding tert-OH is 1. The molecular formula is C13H25N5O2. The zero-order valence-corrected chi connectivity index (χ0v) is 12.8. The van der Waals surface area contributed by atoms with E-state index in [0.717, 1.165) is 0 Å². The lowest BCUT2D eigenvalue weighted by Gasteiger charge is -2.21. The van der Waals surface area contributed by atoms with Gasteiger partial charge in [0.25, 0.3) is 0 Å². The fourth-order valence-corrected chi connectivity index (χ4v) is 1.67. The maximum Gasteiger partial charge on any atom is 0.323 e. The minimum Gasteiger partial charge on any atom is -0.461 e. The summed E-state index contributed by atoms with van der Waals surface area (Å²) in [5, 5.41) is 15.2. The Bertz CT molecular complexity index is 412. The standard InChI is InChI=1S/C13H25N5O2/c1-8(2)10(6-7-19)15-12-16-11(14-5)17-13(18-12)20-9(3)4/h8-10,19H,6-7H2,1-5H3,(H2,14,15,16,17,18). The van der Waals surface area contributed by atoms with Crippen LogP contribution in [0.3, 0.4) is 0 Å². The van der Waals surface area contributed by atoms with Gasteiger partial charge in [0.05, 0.1) is 6.10 Å². The number of nitrogens with zero attached hydrogens (tertiary/aromatic N) is 3. The second-order valence-corrected chi connectivity index (χ2v) is 5.19. The van der Waals surface area contributed by atoms with E-state index in [1.54, 1.807) is 7.05 Å². The van der Waals surface area contributed by atoms with Gasteiger partial charge in [-0.1, -0.05) is 13.8 Å². The predicted octanol–water partition coefficient (Wildman–Crippen LogP) is 1.52. The van der Waals surface area contributed by atoms with E-state index in [9.17, 15) is 0 Å². The average Bonchev–Trinajstić information content (AvgIpc) is 2.37. The van der Waals surface area contributed by atoms with Crippen LogP contribution in [0.5, 0.6) is 6.01 Å². The minimum atomic E-state index is -0.00621. The van der Waals surface area contributed by atoms with Crippen molar-refractivity contribution in [3.63, 3.8) is 0 Å². The number of aromatic nitrogens is 3. The molecule has 1 aromatic rings. The monoisotopic (exact) mass is 283 g/mol. The van der Waals surface area contributed by atoms with Crippen molar-refractivity contribution in [3.8, 4) is 6.01 Å². The molecule has 0 fully saturated rings. The van der Waals surface area contributed by atoms with Crippen molar-refractivity contribution in [3.05, 3.63) is 0 Å². The molecule has 7 nitrogen and oxygen atoms in total. The molecule has 7 heteroatoms. The van der Waals surface area contributed by atoms with Gasteiger partial charge in [0.2, 0.25) is 11.9 Å². The van der Waals surface area contributed by atoms with Gasteiger partial charge >= 0.3 is 6.01 Å². The largest absolute Gasteiger partial charge is 0.461 e. The van der Waals surface area contributed by atoms with Crippen LogP contribution in [-0.4, -0.2) is 45.9 Å². The summed E-state index contributed by atoms with van der Waals surface area (Å²) in [4.78, 5) is 12.7. The third-order valence-electron chi connectivity index (χ3n) is 2.74. The third-order valence-corrected chi connectivity index (χ3v) is 2.74. The predicted molar refractivity (Wildman–Crippen MR) is 79.1 cm³/mol. The Hall–Kier alpha value is -1.63. The number of nitrogens with one attached hydrogen (secondary N) is 2. The summed E-state index contributed by atoms with van der Waals surface area (Å²) in [6, 6.07) is 0.382. The van der Waals surface area contributed by atoms with Crippen LogP contribution in [0.15, 0.2) is 0 Å². The van der Waals surface area contributed by atoms with E-state index in [-0.39, 0.29) is 24.8 Å². The molecule has 0 aromatic carbocycles. The molecular weight excluding hydrogens is 258 g/mol. The van der Waals surface area contributed by atoms with Crippen LogP contribution in [-0.2, 0) is 0 Å². The number of ether oxygens (including phenoxy) is 1. The van der Waals surface area contributed by atoms with Crippen molar-refractivity contribution >= 4 is 11.9 Å². The maximum atomic E-state index is 9.11. The van der Waals surface area contributed by atoms with E-state index in [2.05, 4.69) is 39.4 Å². The highest BCUT2D eigenvalue weighted by molar-refractivity contribution is 5.36. The highest BCUT2D eigenvalue weighted by atomic mass is 16.5. The SMILES string of the molecule is CNc1nc(NC(CCO)C(C)C)nc(OC(C)C)n1. The van der Waals surface area contributed by atoms with Crippen LogP contribution in [0, 0.1) is 5.92 Å². The number of anilines is 2. The summed E-state index contributed by atoms with van der Waals surface area (Å²) in [5.74, 6) is 1.25. The van der Waals surface area contributed by atoms with E-state index in [4.69, 9.17) is 9.84 Å². The lowest BCUT2D eigenvalue weighted by molar-refractivity contribution is 0.222. The molecule has 0 radical (unpaired) electrons. The molecule has 1 heterocycles. The molecule has 20 heavy (non-hydrogen) atoms. The molecule has 0 spiro atoms. The molecule has 1 aromatic heterocycles. The van der Waals surface area contributed by atoms with Gasteiger partial charge in [0, 0.05) is 19.7 Å². The molecule has 1 unspecified atom stereocenters. The molecule has 0 aliphatic rings. The number of aliphatic hydroxyl groups is 1. The van der Waals surface area contributed by atoms with Crippen molar-refractivity contribution in [2.24, 2.45) is 5.92 Å². The van der Waals surface area contributed by atoms with Crippen LogP contribution in [0.2, 0.25) is 0 Å². The summed E-state index contributed by atoms with van der Waals surface area (Å²) < 4.78 is 5.51. The fraction of sp³-hybridized carbons (Fsp3) is 0.769. The van der Waals surface area contributed by atoms with Crippen molar-refractivity contribution in [2.45, 2.75) is 46.3 Å². The topological polar surface area (TPSA) is 92.2 Å². The molecule has 1 atom stereocenters. The number of hydrogen-bond acceptors (Lipinski definition) is 7. The lowest BCUT2D eigenvalue weighted by atomic mass is 10.0. The Morgan fingerprint density at radius 2 is 1.75 bits per heavy atom. The van der Waals surface area contributed by atoms with Crippen LogP contribution in [0.4, 0.5) is 11.9 Å². The Kier molecular flexibility index (Phi) is 6.44. The summed E-state index contributed by atoms with van der Waals surface area (Å²) >= 11 is 0. The summed E-state index contributed by atoms with van der Waals surface area (Å²) in [5.41, 5.74) is 0. The van der Waals surface area contributed by atoms with Gasteiger partial charge in [-0.15, -0.1) is 0 Å². The molecule has 0 aliphatic carbocycles. The Labute approximate surface area is 120 Å². The van der Waals surface area contributed by atoms with Gasteiger partial charge in [0.1, 0.15) is 0 Å². The molecule has 0 saturated carbocycles. The third kappa shape index (κ3) is 5.16. The molecule has 0 bridgehead atoms. The molecule has 1 rings (SSSR count). The minimum absolute atomic E-state index is 0.00621. The first-order chi connectivity index (χ1) is 9.46. The maximum absolute atomic E-state index is 9.11. The van der Waals surface area contributed by atoms with Gasteiger partial charge < -0.3 is 20.5 Å². The molecule has 0 saturated heterocycles. The second kappa shape index (κ2) is 7.84. The number of hydrogen-bond donors (Lipinski definition) is 3. The van der Waals surface area contributed by atoms with Gasteiger partial charge in [-0.2, -0.15) is 15.0 Å². The smallest absolute Gasteiger partial charge is 0.323 e. The van der Waals surface area contributed by atoms with Crippen molar-refractivity contribution in [2.75, 3.05) is 24.3 Å². The Morgan fingerprint density at radius 1 is 1.10 bits per heavy atom. The van der Waals surface area contributed by atoms with Crippen molar-refractivity contribution in [1.29, 1.82) is 0 Å². The van der Waals surface area contributed by atoms with Crippen LogP contribution in [0.1, 0.15) is 34.1 Å². The summed E-state index contributed by atoms with van der Waals surface area (Å²) in [6.07, 6.45) is 0.631. The van der Waals surface area contributed by atoms with Gasteiger partial charge in [-0.05, 0) is 26.2 Å². The normalized spacial score (nSPS) is 12.6. The first kappa shape index (κ1) is 16.4. The average molecular weight is 283 g/mol. The van der Waals surface area contributed by atoms with E-state index in [1.165, 1.54) is 0 Å². The van der Waals surface area contributed by atoms with Gasteiger partial charge in [-0.3, -0.25) is 0 Å². The highest BCUT2D eigenvalue weighted by Crippen LogP contribution is 2.16. The molecule has 0 amide bonds. The van der Waals surface area contributed by atoms with Crippen molar-refractivity contribution in [1.82, 2.24) is 15.0 Å². The van der Waals surface area contributed by atoms with Crippen molar-refractivity contribution < 1.29 is 9.84 Å². The van der Waals surface area contributed by atoms with E-state index >= 15 is 0 Å². The Morgan fingerprint density at radius 3 is 2.25 bits per heavy atom. The number of rotatable bonds is 8. The second-order valence-electron chi connectivity index (χ2n) is 5.19. The summed E-state index contributed by atoms with van der Waals surface area (Å²) in [6.45, 7) is 8.12. The zero-order valence-electron chi connectivity index (χ0n) is 12.8. The van der Waals surface area contributed by atoms with Gasteiger partial charge in [-0.25, -0.2) is 0 Å². The van der Waals surface area contributed by atoms with Crippen LogP contribution in [0.25, 0.3) is 0 Å².